The molecule has 0 aliphatic carbocycles. The molecule has 0 fully saturated rings. The highest BCUT2D eigenvalue weighted by atomic mass is 32.2. The van der Waals surface area contributed by atoms with Gasteiger partial charge in [-0.05, 0) is 45.0 Å². The normalized spacial score (nSPS) is 13.5. The summed E-state index contributed by atoms with van der Waals surface area (Å²) in [5, 5.41) is 4.08. The van der Waals surface area contributed by atoms with Crippen LogP contribution in [0, 0.1) is 0 Å². The average Bonchev–Trinajstić information content (AvgIpc) is 2.27. The Hall–Kier alpha value is -0.670. The molecule has 0 heterocycles. The lowest BCUT2D eigenvalue weighted by Gasteiger charge is -2.23. The van der Waals surface area contributed by atoms with E-state index in [1.807, 2.05) is 23.9 Å². The summed E-state index contributed by atoms with van der Waals surface area (Å²) in [4.78, 5) is 1.29. The zero-order valence-electron chi connectivity index (χ0n) is 11.4. The molecule has 0 bridgehead atoms. The lowest BCUT2D eigenvalue weighted by atomic mass is 10.1. The molecule has 3 heteroatoms. The Morgan fingerprint density at radius 3 is 2.29 bits per heavy atom. The number of thioether (sulfide) groups is 1. The van der Waals surface area contributed by atoms with Gasteiger partial charge < -0.3 is 10.1 Å². The molecule has 17 heavy (non-hydrogen) atoms. The molecule has 1 unspecified atom stereocenters. The smallest absolute Gasteiger partial charge is 0.118 e. The van der Waals surface area contributed by atoms with Gasteiger partial charge in [0.2, 0.25) is 0 Å². The van der Waals surface area contributed by atoms with Crippen molar-refractivity contribution in [2.45, 2.75) is 43.4 Å². The molecule has 1 rings (SSSR count). The molecule has 1 N–H and O–H groups in total. The van der Waals surface area contributed by atoms with E-state index in [9.17, 15) is 0 Å². The third-order valence-electron chi connectivity index (χ3n) is 2.32. The van der Waals surface area contributed by atoms with Gasteiger partial charge in [-0.3, -0.25) is 0 Å². The molecular formula is C14H23NOS. The van der Waals surface area contributed by atoms with Crippen LogP contribution in [0.1, 0.15) is 27.7 Å². The van der Waals surface area contributed by atoms with Crippen molar-refractivity contribution in [2.75, 3.05) is 13.7 Å². The van der Waals surface area contributed by atoms with Gasteiger partial charge in [-0.15, -0.1) is 11.8 Å². The van der Waals surface area contributed by atoms with Crippen LogP contribution in [-0.2, 0) is 0 Å². The van der Waals surface area contributed by atoms with Crippen molar-refractivity contribution in [2.24, 2.45) is 0 Å². The van der Waals surface area contributed by atoms with E-state index >= 15 is 0 Å². The van der Waals surface area contributed by atoms with E-state index in [0.717, 1.165) is 12.3 Å². The van der Waals surface area contributed by atoms with Crippen molar-refractivity contribution in [3.8, 4) is 5.75 Å². The summed E-state index contributed by atoms with van der Waals surface area (Å²) in [6.07, 6.45) is 0. The monoisotopic (exact) mass is 253 g/mol. The topological polar surface area (TPSA) is 21.3 Å². The average molecular weight is 253 g/mol. The third-order valence-corrected chi connectivity index (χ3v) is 3.43. The quantitative estimate of drug-likeness (QED) is 0.811. The number of methoxy groups -OCH3 is 1. The Labute approximate surface area is 109 Å². The van der Waals surface area contributed by atoms with Crippen LogP contribution in [0.4, 0.5) is 0 Å². The maximum atomic E-state index is 5.14. The summed E-state index contributed by atoms with van der Waals surface area (Å²) < 4.78 is 5.14. The molecule has 1 aromatic carbocycles. The minimum atomic E-state index is 0.189. The zero-order chi connectivity index (χ0) is 12.9. The Kier molecular flexibility index (Phi) is 5.34. The molecular weight excluding hydrogens is 230 g/mol. The van der Waals surface area contributed by atoms with Crippen molar-refractivity contribution in [1.29, 1.82) is 0 Å². The predicted molar refractivity (Wildman–Crippen MR) is 76.1 cm³/mol. The molecule has 0 saturated heterocycles. The number of benzene rings is 1. The molecule has 2 nitrogen and oxygen atoms in total. The van der Waals surface area contributed by atoms with Crippen LogP contribution in [0.3, 0.4) is 0 Å². The largest absolute Gasteiger partial charge is 0.497 e. The van der Waals surface area contributed by atoms with Crippen LogP contribution in [0.15, 0.2) is 29.2 Å². The van der Waals surface area contributed by atoms with E-state index in [4.69, 9.17) is 4.74 Å². The van der Waals surface area contributed by atoms with Crippen LogP contribution >= 0.6 is 11.8 Å². The fourth-order valence-electron chi connectivity index (χ4n) is 1.38. The molecule has 96 valence electrons. The van der Waals surface area contributed by atoms with Crippen LogP contribution in [0.25, 0.3) is 0 Å². The lowest BCUT2D eigenvalue weighted by molar-refractivity contribution is 0.414. The van der Waals surface area contributed by atoms with Crippen molar-refractivity contribution in [3.05, 3.63) is 24.3 Å². The zero-order valence-corrected chi connectivity index (χ0v) is 12.2. The SMILES string of the molecule is COc1ccc(SC(C)CNC(C)(C)C)cc1. The fraction of sp³-hybridized carbons (Fsp3) is 0.571. The van der Waals surface area contributed by atoms with Crippen molar-refractivity contribution in [1.82, 2.24) is 5.32 Å². The summed E-state index contributed by atoms with van der Waals surface area (Å²) in [5.41, 5.74) is 0.189. The summed E-state index contributed by atoms with van der Waals surface area (Å²) in [5.74, 6) is 0.912. The number of rotatable bonds is 5. The number of hydrogen-bond acceptors (Lipinski definition) is 3. The second-order valence-corrected chi connectivity index (χ2v) is 6.75. The first-order valence-electron chi connectivity index (χ1n) is 5.96. The molecule has 0 aliphatic rings. The molecule has 1 atom stereocenters. The van der Waals surface area contributed by atoms with Gasteiger partial charge in [-0.25, -0.2) is 0 Å². The van der Waals surface area contributed by atoms with Gasteiger partial charge in [0.1, 0.15) is 5.75 Å². The highest BCUT2D eigenvalue weighted by Gasteiger charge is 2.11. The number of hydrogen-bond donors (Lipinski definition) is 1. The predicted octanol–water partition coefficient (Wildman–Crippen LogP) is 3.56. The lowest BCUT2D eigenvalue weighted by Crippen LogP contribution is -2.39. The van der Waals surface area contributed by atoms with Crippen molar-refractivity contribution < 1.29 is 4.74 Å². The van der Waals surface area contributed by atoms with Crippen LogP contribution in [-0.4, -0.2) is 24.4 Å². The highest BCUT2D eigenvalue weighted by Crippen LogP contribution is 2.25. The Morgan fingerprint density at radius 1 is 1.24 bits per heavy atom. The van der Waals surface area contributed by atoms with Gasteiger partial charge in [0.05, 0.1) is 7.11 Å². The second kappa shape index (κ2) is 6.31. The number of nitrogens with one attached hydrogen (secondary N) is 1. The van der Waals surface area contributed by atoms with Crippen molar-refractivity contribution in [3.63, 3.8) is 0 Å². The van der Waals surface area contributed by atoms with E-state index in [1.165, 1.54) is 4.90 Å². The van der Waals surface area contributed by atoms with Gasteiger partial charge in [0.25, 0.3) is 0 Å². The maximum absolute atomic E-state index is 5.14. The summed E-state index contributed by atoms with van der Waals surface area (Å²) in [6.45, 7) is 9.83. The van der Waals surface area contributed by atoms with Gasteiger partial charge in [0.15, 0.2) is 0 Å². The molecule has 0 amide bonds. The van der Waals surface area contributed by atoms with Crippen LogP contribution in [0.2, 0.25) is 0 Å². The van der Waals surface area contributed by atoms with E-state index in [2.05, 4.69) is 45.1 Å². The number of ether oxygens (including phenoxy) is 1. The molecule has 1 aromatic rings. The van der Waals surface area contributed by atoms with Crippen molar-refractivity contribution >= 4 is 11.8 Å². The van der Waals surface area contributed by atoms with Gasteiger partial charge in [0, 0.05) is 22.2 Å². The second-order valence-electron chi connectivity index (χ2n) is 5.23. The maximum Gasteiger partial charge on any atom is 0.118 e. The Morgan fingerprint density at radius 2 is 1.82 bits per heavy atom. The van der Waals surface area contributed by atoms with Gasteiger partial charge in [-0.1, -0.05) is 6.92 Å². The van der Waals surface area contributed by atoms with Crippen LogP contribution in [0.5, 0.6) is 5.75 Å². The third kappa shape index (κ3) is 5.99. The highest BCUT2D eigenvalue weighted by molar-refractivity contribution is 8.00. The summed E-state index contributed by atoms with van der Waals surface area (Å²) >= 11 is 1.89. The van der Waals surface area contributed by atoms with E-state index < -0.39 is 0 Å². The first-order valence-corrected chi connectivity index (χ1v) is 6.84. The van der Waals surface area contributed by atoms with Gasteiger partial charge >= 0.3 is 0 Å². The minimum Gasteiger partial charge on any atom is -0.497 e. The summed E-state index contributed by atoms with van der Waals surface area (Å²) in [6, 6.07) is 8.23. The Balaban J connectivity index is 2.42. The van der Waals surface area contributed by atoms with E-state index in [1.54, 1.807) is 7.11 Å². The Bertz CT molecular complexity index is 329. The molecule has 0 aromatic heterocycles. The van der Waals surface area contributed by atoms with E-state index in [-0.39, 0.29) is 5.54 Å². The first kappa shape index (κ1) is 14.4. The molecule has 0 radical (unpaired) electrons. The minimum absolute atomic E-state index is 0.189. The van der Waals surface area contributed by atoms with E-state index in [0.29, 0.717) is 5.25 Å². The van der Waals surface area contributed by atoms with Crippen LogP contribution < -0.4 is 10.1 Å². The van der Waals surface area contributed by atoms with Gasteiger partial charge in [-0.2, -0.15) is 0 Å². The summed E-state index contributed by atoms with van der Waals surface area (Å²) in [7, 11) is 1.69. The first-order chi connectivity index (χ1) is 7.90. The fourth-order valence-corrected chi connectivity index (χ4v) is 2.30. The molecule has 0 saturated carbocycles. The molecule has 0 spiro atoms. The standard InChI is InChI=1S/C14H23NOS/c1-11(10-15-14(2,3)4)17-13-8-6-12(16-5)7-9-13/h6-9,11,15H,10H2,1-5H3. The molecule has 0 aliphatic heterocycles.